The largest absolute Gasteiger partial charge is 0.494 e. The molecule has 0 amide bonds. The Kier molecular flexibility index (Phi) is 5.09. The molecule has 2 aromatic rings. The molecule has 132 valence electrons. The molecule has 0 N–H and O–H groups in total. The predicted octanol–water partition coefficient (Wildman–Crippen LogP) is 4.87. The fourth-order valence-corrected chi connectivity index (χ4v) is 2.88. The van der Waals surface area contributed by atoms with Crippen molar-refractivity contribution in [2.75, 3.05) is 0 Å². The lowest BCUT2D eigenvalue weighted by Gasteiger charge is -2.32. The average Bonchev–Trinajstić information content (AvgIpc) is 2.77. The van der Waals surface area contributed by atoms with Crippen LogP contribution < -0.4 is 10.2 Å². The van der Waals surface area contributed by atoms with E-state index in [-0.39, 0.29) is 18.3 Å². The van der Waals surface area contributed by atoms with Crippen molar-refractivity contribution >= 4 is 35.8 Å². The van der Waals surface area contributed by atoms with Crippen molar-refractivity contribution in [1.29, 1.82) is 0 Å². The number of halogens is 2. The molecule has 3 rings (SSSR count). The number of benzene rings is 2. The lowest BCUT2D eigenvalue weighted by molar-refractivity contribution is 0.00578. The third kappa shape index (κ3) is 3.98. The van der Waals surface area contributed by atoms with Crippen LogP contribution in [0.3, 0.4) is 0 Å². The van der Waals surface area contributed by atoms with Gasteiger partial charge in [-0.2, -0.15) is 0 Å². The summed E-state index contributed by atoms with van der Waals surface area (Å²) >= 11 is 12.2. The predicted molar refractivity (Wildman–Crippen MR) is 103 cm³/mol. The zero-order valence-electron chi connectivity index (χ0n) is 14.8. The maximum Gasteiger partial charge on any atom is 0.494 e. The van der Waals surface area contributed by atoms with Crippen molar-refractivity contribution in [1.82, 2.24) is 0 Å². The molecule has 0 spiro atoms. The molecule has 0 aromatic heterocycles. The number of hydrogen-bond donors (Lipinski definition) is 0. The fraction of sp³-hybridized carbons (Fsp3) is 0.368. The molecule has 1 aliphatic rings. The van der Waals surface area contributed by atoms with Crippen molar-refractivity contribution < 1.29 is 14.0 Å². The van der Waals surface area contributed by atoms with Crippen molar-refractivity contribution in [3.8, 4) is 5.75 Å². The van der Waals surface area contributed by atoms with Crippen LogP contribution in [0.25, 0.3) is 0 Å². The van der Waals surface area contributed by atoms with E-state index in [1.54, 1.807) is 12.1 Å². The van der Waals surface area contributed by atoms with E-state index < -0.39 is 0 Å². The summed E-state index contributed by atoms with van der Waals surface area (Å²) in [6.07, 6.45) is 0. The summed E-state index contributed by atoms with van der Waals surface area (Å²) in [5.41, 5.74) is 1.11. The summed E-state index contributed by atoms with van der Waals surface area (Å²) in [5, 5.41) is 1.28. The summed E-state index contributed by atoms with van der Waals surface area (Å²) in [7, 11) is -0.374. The van der Waals surface area contributed by atoms with Crippen LogP contribution in [0.2, 0.25) is 10.0 Å². The van der Waals surface area contributed by atoms with Gasteiger partial charge in [0.25, 0.3) is 0 Å². The Hall–Kier alpha value is -1.20. The molecule has 0 saturated carbocycles. The molecule has 0 aliphatic carbocycles. The maximum absolute atomic E-state index is 6.16. The summed E-state index contributed by atoms with van der Waals surface area (Å²) < 4.78 is 17.9. The minimum atomic E-state index is -0.374. The van der Waals surface area contributed by atoms with Gasteiger partial charge in [0, 0.05) is 15.6 Å². The van der Waals surface area contributed by atoms with Crippen molar-refractivity contribution in [2.45, 2.75) is 45.5 Å². The molecule has 1 aliphatic heterocycles. The molecule has 6 heteroatoms. The van der Waals surface area contributed by atoms with Crippen LogP contribution in [0.15, 0.2) is 42.5 Å². The van der Waals surface area contributed by atoms with Crippen LogP contribution in [0.1, 0.15) is 33.3 Å². The van der Waals surface area contributed by atoms with Crippen molar-refractivity contribution in [2.24, 2.45) is 0 Å². The Morgan fingerprint density at radius 1 is 0.920 bits per heavy atom. The van der Waals surface area contributed by atoms with Gasteiger partial charge in [0.05, 0.1) is 11.2 Å². The molecule has 1 saturated heterocycles. The van der Waals surface area contributed by atoms with E-state index in [2.05, 4.69) is 0 Å². The smallest absolute Gasteiger partial charge is 0.489 e. The lowest BCUT2D eigenvalue weighted by atomic mass is 9.79. The monoisotopic (exact) mass is 378 g/mol. The first-order chi connectivity index (χ1) is 11.7. The topological polar surface area (TPSA) is 27.7 Å². The first-order valence-electron chi connectivity index (χ1n) is 8.20. The molecule has 3 nitrogen and oxygen atoms in total. The van der Waals surface area contributed by atoms with E-state index >= 15 is 0 Å². The van der Waals surface area contributed by atoms with Gasteiger partial charge in [-0.25, -0.2) is 0 Å². The van der Waals surface area contributed by atoms with Gasteiger partial charge >= 0.3 is 7.12 Å². The zero-order valence-corrected chi connectivity index (χ0v) is 16.3. The molecule has 0 radical (unpaired) electrons. The normalized spacial score (nSPS) is 18.4. The molecular formula is C19H21BCl2O3. The van der Waals surface area contributed by atoms with E-state index in [0.29, 0.717) is 16.7 Å². The molecule has 0 atom stereocenters. The van der Waals surface area contributed by atoms with E-state index in [0.717, 1.165) is 16.8 Å². The Balaban J connectivity index is 1.66. The van der Waals surface area contributed by atoms with Crippen LogP contribution in [-0.4, -0.2) is 18.3 Å². The Bertz CT molecular complexity index is 744. The second-order valence-electron chi connectivity index (χ2n) is 7.18. The number of ether oxygens (including phenoxy) is 1. The summed E-state index contributed by atoms with van der Waals surface area (Å²) in [4.78, 5) is 0. The van der Waals surface area contributed by atoms with Crippen LogP contribution >= 0.6 is 23.2 Å². The van der Waals surface area contributed by atoms with E-state index in [1.165, 1.54) is 0 Å². The van der Waals surface area contributed by atoms with Gasteiger partial charge in [-0.05, 0) is 63.5 Å². The fourth-order valence-electron chi connectivity index (χ4n) is 2.52. The van der Waals surface area contributed by atoms with Crippen molar-refractivity contribution in [3.05, 3.63) is 58.1 Å². The SMILES string of the molecule is CC1(C)OB(c2ccc(OCc3cc(Cl)ccc3Cl)cc2)OC1(C)C. The van der Waals surface area contributed by atoms with Crippen LogP contribution in [0.5, 0.6) is 5.75 Å². The summed E-state index contributed by atoms with van der Waals surface area (Å²) in [5.74, 6) is 0.747. The molecule has 0 unspecified atom stereocenters. The molecular weight excluding hydrogens is 358 g/mol. The first kappa shape index (κ1) is 18.6. The highest BCUT2D eigenvalue weighted by Gasteiger charge is 2.51. The highest BCUT2D eigenvalue weighted by atomic mass is 35.5. The van der Waals surface area contributed by atoms with E-state index in [4.69, 9.17) is 37.2 Å². The van der Waals surface area contributed by atoms with E-state index in [1.807, 2.05) is 58.0 Å². The van der Waals surface area contributed by atoms with Gasteiger partial charge < -0.3 is 14.0 Å². The molecule has 1 heterocycles. The first-order valence-corrected chi connectivity index (χ1v) is 8.96. The van der Waals surface area contributed by atoms with Gasteiger partial charge in [0.1, 0.15) is 12.4 Å². The molecule has 25 heavy (non-hydrogen) atoms. The Morgan fingerprint density at radius 3 is 2.12 bits per heavy atom. The van der Waals surface area contributed by atoms with Crippen LogP contribution in [0, 0.1) is 0 Å². The lowest BCUT2D eigenvalue weighted by Crippen LogP contribution is -2.41. The highest BCUT2D eigenvalue weighted by molar-refractivity contribution is 6.62. The van der Waals surface area contributed by atoms with E-state index in [9.17, 15) is 0 Å². The number of rotatable bonds is 4. The Labute approximate surface area is 159 Å². The minimum absolute atomic E-state index is 0.351. The second kappa shape index (κ2) is 6.84. The number of hydrogen-bond acceptors (Lipinski definition) is 3. The quantitative estimate of drug-likeness (QED) is 0.710. The van der Waals surface area contributed by atoms with Crippen LogP contribution in [-0.2, 0) is 15.9 Å². The molecule has 0 bridgehead atoms. The van der Waals surface area contributed by atoms with Crippen molar-refractivity contribution in [3.63, 3.8) is 0 Å². The maximum atomic E-state index is 6.16. The van der Waals surface area contributed by atoms with Crippen LogP contribution in [0.4, 0.5) is 0 Å². The van der Waals surface area contributed by atoms with Gasteiger partial charge in [-0.15, -0.1) is 0 Å². The minimum Gasteiger partial charge on any atom is -0.489 e. The summed E-state index contributed by atoms with van der Waals surface area (Å²) in [6.45, 7) is 8.52. The van der Waals surface area contributed by atoms with Gasteiger partial charge in [0.2, 0.25) is 0 Å². The average molecular weight is 379 g/mol. The van der Waals surface area contributed by atoms with Gasteiger partial charge in [-0.3, -0.25) is 0 Å². The standard InChI is InChI=1S/C19H21BCl2O3/c1-18(2)19(3,4)25-20(24-18)14-5-8-16(9-6-14)23-12-13-11-15(21)7-10-17(13)22/h5-11H,12H2,1-4H3. The van der Waals surface area contributed by atoms with Gasteiger partial charge in [0.15, 0.2) is 0 Å². The van der Waals surface area contributed by atoms with Gasteiger partial charge in [-0.1, -0.05) is 35.3 Å². The third-order valence-corrected chi connectivity index (χ3v) is 5.41. The third-order valence-electron chi connectivity index (χ3n) is 4.81. The highest BCUT2D eigenvalue weighted by Crippen LogP contribution is 2.36. The molecule has 1 fully saturated rings. The zero-order chi connectivity index (χ0) is 18.2. The Morgan fingerprint density at radius 2 is 1.52 bits per heavy atom. The molecule has 2 aromatic carbocycles. The summed E-state index contributed by atoms with van der Waals surface area (Å²) in [6, 6.07) is 13.0. The second-order valence-corrected chi connectivity index (χ2v) is 8.03.